The van der Waals surface area contributed by atoms with Crippen LogP contribution in [0.5, 0.6) is 11.5 Å². The van der Waals surface area contributed by atoms with E-state index < -0.39 is 16.1 Å². The minimum Gasteiger partial charge on any atom is -0.497 e. The van der Waals surface area contributed by atoms with Gasteiger partial charge in [-0.1, -0.05) is 30.7 Å². The van der Waals surface area contributed by atoms with Crippen molar-refractivity contribution >= 4 is 27.3 Å². The molecule has 0 heterocycles. The molecule has 3 aromatic carbocycles. The Labute approximate surface area is 194 Å². The third-order valence-corrected chi connectivity index (χ3v) is 6.42. The van der Waals surface area contributed by atoms with Crippen LogP contribution in [0.1, 0.15) is 24.5 Å². The lowest BCUT2D eigenvalue weighted by atomic mass is 10.1. The maximum atomic E-state index is 12.8. The Hall–Kier alpha value is -3.52. The standard InChI is InChI=1S/C25H28N2O5S/c1-5-24(32-21-8-6-7-20(16-21)31-4)25(28)26-19-10-12-22(13-11-19)33(29,30)27-23-14-9-17(2)15-18(23)3/h6-16,24,27H,5H2,1-4H3,(H,26,28)/t24-/m0/s1. The van der Waals surface area contributed by atoms with Gasteiger partial charge < -0.3 is 14.8 Å². The third-order valence-electron chi connectivity index (χ3n) is 5.04. The van der Waals surface area contributed by atoms with Gasteiger partial charge in [-0.2, -0.15) is 0 Å². The number of ether oxygens (including phenoxy) is 2. The molecule has 0 bridgehead atoms. The summed E-state index contributed by atoms with van der Waals surface area (Å²) in [4.78, 5) is 12.8. The minimum atomic E-state index is -3.76. The molecule has 0 aliphatic heterocycles. The lowest BCUT2D eigenvalue weighted by Gasteiger charge is -2.18. The molecule has 0 unspecified atom stereocenters. The van der Waals surface area contributed by atoms with Crippen LogP contribution >= 0.6 is 0 Å². The molecule has 0 saturated carbocycles. The van der Waals surface area contributed by atoms with Crippen molar-refractivity contribution in [2.75, 3.05) is 17.1 Å². The molecule has 0 aromatic heterocycles. The van der Waals surface area contributed by atoms with Crippen LogP contribution in [-0.2, 0) is 14.8 Å². The van der Waals surface area contributed by atoms with Gasteiger partial charge in [-0.15, -0.1) is 0 Å². The van der Waals surface area contributed by atoms with Crippen molar-refractivity contribution in [3.63, 3.8) is 0 Å². The van der Waals surface area contributed by atoms with E-state index in [1.807, 2.05) is 32.9 Å². The van der Waals surface area contributed by atoms with Crippen LogP contribution in [0, 0.1) is 13.8 Å². The molecule has 0 spiro atoms. The lowest BCUT2D eigenvalue weighted by Crippen LogP contribution is -2.32. The Bertz CT molecular complexity index is 1220. The number of aryl methyl sites for hydroxylation is 2. The van der Waals surface area contributed by atoms with Crippen molar-refractivity contribution in [1.29, 1.82) is 0 Å². The Kier molecular flexibility index (Phi) is 7.60. The van der Waals surface area contributed by atoms with Crippen LogP contribution in [0.3, 0.4) is 0 Å². The summed E-state index contributed by atoms with van der Waals surface area (Å²) in [5.74, 6) is 0.827. The molecule has 0 radical (unpaired) electrons. The van der Waals surface area contributed by atoms with Gasteiger partial charge in [0.05, 0.1) is 17.7 Å². The largest absolute Gasteiger partial charge is 0.497 e. The predicted molar refractivity (Wildman–Crippen MR) is 129 cm³/mol. The predicted octanol–water partition coefficient (Wildman–Crippen LogP) is 4.91. The molecule has 2 N–H and O–H groups in total. The van der Waals surface area contributed by atoms with Crippen LogP contribution in [0.2, 0.25) is 0 Å². The number of rotatable bonds is 9. The highest BCUT2D eigenvalue weighted by atomic mass is 32.2. The average Bonchev–Trinajstić information content (AvgIpc) is 2.79. The first kappa shape index (κ1) is 24.1. The summed E-state index contributed by atoms with van der Waals surface area (Å²) in [5, 5.41) is 2.78. The number of amides is 1. The van der Waals surface area contributed by atoms with Crippen molar-refractivity contribution in [1.82, 2.24) is 0 Å². The number of carbonyl (C=O) groups excluding carboxylic acids is 1. The summed E-state index contributed by atoms with van der Waals surface area (Å²) in [6.45, 7) is 5.64. The molecular formula is C25H28N2O5S. The number of sulfonamides is 1. The van der Waals surface area contributed by atoms with Gasteiger partial charge >= 0.3 is 0 Å². The second kappa shape index (κ2) is 10.4. The summed E-state index contributed by atoms with van der Waals surface area (Å²) in [7, 11) is -2.20. The van der Waals surface area contributed by atoms with E-state index in [0.29, 0.717) is 29.3 Å². The van der Waals surface area contributed by atoms with Gasteiger partial charge in [0, 0.05) is 11.8 Å². The van der Waals surface area contributed by atoms with Crippen LogP contribution in [0.4, 0.5) is 11.4 Å². The quantitative estimate of drug-likeness (QED) is 0.465. The first-order chi connectivity index (χ1) is 15.7. The second-order valence-electron chi connectivity index (χ2n) is 7.63. The molecule has 3 rings (SSSR count). The van der Waals surface area contributed by atoms with Gasteiger partial charge in [-0.3, -0.25) is 9.52 Å². The molecule has 0 fully saturated rings. The summed E-state index contributed by atoms with van der Waals surface area (Å²) >= 11 is 0. The summed E-state index contributed by atoms with van der Waals surface area (Å²) < 4.78 is 39.1. The Morgan fingerprint density at radius 2 is 1.67 bits per heavy atom. The zero-order valence-electron chi connectivity index (χ0n) is 19.1. The molecule has 174 valence electrons. The molecule has 8 heteroatoms. The molecule has 3 aromatic rings. The smallest absolute Gasteiger partial charge is 0.265 e. The van der Waals surface area contributed by atoms with Crippen LogP contribution in [0.25, 0.3) is 0 Å². The number of anilines is 2. The monoisotopic (exact) mass is 468 g/mol. The fraction of sp³-hybridized carbons (Fsp3) is 0.240. The van der Waals surface area contributed by atoms with Crippen LogP contribution in [0.15, 0.2) is 71.6 Å². The van der Waals surface area contributed by atoms with E-state index >= 15 is 0 Å². The summed E-state index contributed by atoms with van der Waals surface area (Å²) in [5.41, 5.74) is 2.89. The van der Waals surface area contributed by atoms with E-state index in [0.717, 1.165) is 11.1 Å². The highest BCUT2D eigenvalue weighted by Gasteiger charge is 2.20. The van der Waals surface area contributed by atoms with E-state index in [1.165, 1.54) is 12.1 Å². The van der Waals surface area contributed by atoms with Gasteiger partial charge in [0.15, 0.2) is 6.10 Å². The van der Waals surface area contributed by atoms with Crippen LogP contribution < -0.4 is 19.5 Å². The molecule has 0 aliphatic carbocycles. The van der Waals surface area contributed by atoms with Gasteiger partial charge in [0.25, 0.3) is 15.9 Å². The first-order valence-corrected chi connectivity index (χ1v) is 12.0. The maximum Gasteiger partial charge on any atom is 0.265 e. The minimum absolute atomic E-state index is 0.0974. The van der Waals surface area contributed by atoms with E-state index in [1.54, 1.807) is 49.6 Å². The van der Waals surface area contributed by atoms with Crippen molar-refractivity contribution in [3.05, 3.63) is 77.9 Å². The summed E-state index contributed by atoms with van der Waals surface area (Å²) in [6.07, 6.45) is -0.262. The van der Waals surface area contributed by atoms with Crippen LogP contribution in [-0.4, -0.2) is 27.5 Å². The zero-order valence-corrected chi connectivity index (χ0v) is 19.9. The normalized spacial score (nSPS) is 12.0. The molecule has 0 saturated heterocycles. The number of benzene rings is 3. The lowest BCUT2D eigenvalue weighted by molar-refractivity contribution is -0.122. The second-order valence-corrected chi connectivity index (χ2v) is 9.31. The number of hydrogen-bond donors (Lipinski definition) is 2. The zero-order chi connectivity index (χ0) is 24.0. The molecular weight excluding hydrogens is 440 g/mol. The molecule has 7 nitrogen and oxygen atoms in total. The fourth-order valence-electron chi connectivity index (χ4n) is 3.23. The van der Waals surface area contributed by atoms with Crippen molar-refractivity contribution in [3.8, 4) is 11.5 Å². The number of hydrogen-bond acceptors (Lipinski definition) is 5. The highest BCUT2D eigenvalue weighted by Crippen LogP contribution is 2.23. The Balaban J connectivity index is 1.67. The van der Waals surface area contributed by atoms with Crippen molar-refractivity contribution in [2.45, 2.75) is 38.2 Å². The molecule has 1 amide bonds. The van der Waals surface area contributed by atoms with E-state index in [9.17, 15) is 13.2 Å². The van der Waals surface area contributed by atoms with Gasteiger partial charge in [-0.05, 0) is 68.3 Å². The number of methoxy groups -OCH3 is 1. The van der Waals surface area contributed by atoms with Gasteiger partial charge in [0.2, 0.25) is 0 Å². The van der Waals surface area contributed by atoms with Gasteiger partial charge in [0.1, 0.15) is 11.5 Å². The topological polar surface area (TPSA) is 93.7 Å². The Morgan fingerprint density at radius 3 is 2.30 bits per heavy atom. The highest BCUT2D eigenvalue weighted by molar-refractivity contribution is 7.92. The maximum absolute atomic E-state index is 12.8. The van der Waals surface area contributed by atoms with Crippen molar-refractivity contribution < 1.29 is 22.7 Å². The van der Waals surface area contributed by atoms with E-state index in [-0.39, 0.29) is 10.8 Å². The van der Waals surface area contributed by atoms with Gasteiger partial charge in [-0.25, -0.2) is 8.42 Å². The third kappa shape index (κ3) is 6.26. The van der Waals surface area contributed by atoms with Crippen molar-refractivity contribution in [2.24, 2.45) is 0 Å². The number of nitrogens with one attached hydrogen (secondary N) is 2. The summed E-state index contributed by atoms with van der Waals surface area (Å²) in [6, 6.07) is 18.5. The molecule has 1 atom stereocenters. The fourth-order valence-corrected chi connectivity index (χ4v) is 4.36. The SMILES string of the molecule is CC[C@H](Oc1cccc(OC)c1)C(=O)Nc1ccc(S(=O)(=O)Nc2ccc(C)cc2C)cc1. The van der Waals surface area contributed by atoms with E-state index in [4.69, 9.17) is 9.47 Å². The first-order valence-electron chi connectivity index (χ1n) is 10.5. The molecule has 0 aliphatic rings. The average molecular weight is 469 g/mol. The molecule has 33 heavy (non-hydrogen) atoms. The van der Waals surface area contributed by atoms with E-state index in [2.05, 4.69) is 10.0 Å². The Morgan fingerprint density at radius 1 is 0.970 bits per heavy atom. The number of carbonyl (C=O) groups is 1.